The summed E-state index contributed by atoms with van der Waals surface area (Å²) >= 11 is 0. The molecule has 0 spiro atoms. The quantitative estimate of drug-likeness (QED) is 0.872. The zero-order valence-corrected chi connectivity index (χ0v) is 12.4. The van der Waals surface area contributed by atoms with Crippen molar-refractivity contribution in [2.75, 3.05) is 26.7 Å². The Morgan fingerprint density at radius 1 is 1.05 bits per heavy atom. The summed E-state index contributed by atoms with van der Waals surface area (Å²) in [6.45, 7) is 6.16. The maximum atomic E-state index is 3.50. The molecule has 1 heterocycles. The minimum Gasteiger partial charge on any atom is -0.313 e. The van der Waals surface area contributed by atoms with E-state index >= 15 is 0 Å². The van der Waals surface area contributed by atoms with E-state index in [9.17, 15) is 0 Å². The fourth-order valence-corrected chi connectivity index (χ4v) is 3.27. The highest BCUT2D eigenvalue weighted by Gasteiger charge is 2.20. The van der Waals surface area contributed by atoms with E-state index in [0.29, 0.717) is 12.0 Å². The summed E-state index contributed by atoms with van der Waals surface area (Å²) in [7, 11) is 2.08. The van der Waals surface area contributed by atoms with Gasteiger partial charge in [0.15, 0.2) is 0 Å². The van der Waals surface area contributed by atoms with Gasteiger partial charge in [-0.3, -0.25) is 0 Å². The third-order valence-corrected chi connectivity index (χ3v) is 4.28. The monoisotopic (exact) mass is 260 g/mol. The van der Waals surface area contributed by atoms with Gasteiger partial charge in [-0.05, 0) is 44.5 Å². The Morgan fingerprint density at radius 3 is 2.26 bits per heavy atom. The Kier molecular flexibility index (Phi) is 5.87. The Labute approximate surface area is 118 Å². The molecular weight excluding hydrogens is 232 g/mol. The van der Waals surface area contributed by atoms with Crippen molar-refractivity contribution in [2.24, 2.45) is 5.92 Å². The number of nitrogens with zero attached hydrogens (tertiary/aromatic N) is 1. The second-order valence-corrected chi connectivity index (χ2v) is 5.87. The summed E-state index contributed by atoms with van der Waals surface area (Å²) in [4.78, 5) is 2.66. The number of hydrogen-bond donors (Lipinski definition) is 1. The average Bonchev–Trinajstić information content (AvgIpc) is 2.69. The van der Waals surface area contributed by atoms with E-state index in [1.54, 1.807) is 0 Å². The third kappa shape index (κ3) is 4.32. The minimum absolute atomic E-state index is 0.462. The summed E-state index contributed by atoms with van der Waals surface area (Å²) in [5, 5.41) is 3.50. The van der Waals surface area contributed by atoms with Gasteiger partial charge in [-0.15, -0.1) is 0 Å². The van der Waals surface area contributed by atoms with Gasteiger partial charge in [0.25, 0.3) is 0 Å². The van der Waals surface area contributed by atoms with Gasteiger partial charge in [-0.1, -0.05) is 50.1 Å². The van der Waals surface area contributed by atoms with E-state index in [2.05, 4.69) is 54.5 Å². The lowest BCUT2D eigenvalue weighted by atomic mass is 9.94. The van der Waals surface area contributed by atoms with Crippen molar-refractivity contribution < 1.29 is 0 Å². The molecule has 106 valence electrons. The number of nitrogens with one attached hydrogen (secondary N) is 1. The Bertz CT molecular complexity index is 342. The molecule has 0 saturated carbocycles. The molecule has 2 rings (SSSR count). The average molecular weight is 260 g/mol. The van der Waals surface area contributed by atoms with Gasteiger partial charge in [0.1, 0.15) is 0 Å². The molecular formula is C17H28N2. The Hall–Kier alpha value is -0.860. The first-order valence-corrected chi connectivity index (χ1v) is 7.76. The van der Waals surface area contributed by atoms with Crippen LogP contribution in [-0.2, 0) is 0 Å². The molecule has 0 aliphatic carbocycles. The van der Waals surface area contributed by atoms with Crippen molar-refractivity contribution in [3.63, 3.8) is 0 Å². The summed E-state index contributed by atoms with van der Waals surface area (Å²) in [6, 6.07) is 11.3. The predicted molar refractivity (Wildman–Crippen MR) is 82.3 cm³/mol. The van der Waals surface area contributed by atoms with Crippen molar-refractivity contribution in [1.82, 2.24) is 10.2 Å². The van der Waals surface area contributed by atoms with E-state index < -0.39 is 0 Å². The number of rotatable bonds is 5. The molecule has 1 saturated heterocycles. The van der Waals surface area contributed by atoms with Gasteiger partial charge in [0.05, 0.1) is 0 Å². The molecule has 0 radical (unpaired) electrons. The van der Waals surface area contributed by atoms with E-state index in [4.69, 9.17) is 0 Å². The molecule has 2 nitrogen and oxygen atoms in total. The highest BCUT2D eigenvalue weighted by molar-refractivity contribution is 5.19. The Balaban J connectivity index is 1.94. The zero-order valence-electron chi connectivity index (χ0n) is 12.4. The minimum atomic E-state index is 0.462. The molecule has 1 aliphatic heterocycles. The molecule has 1 aromatic carbocycles. The molecule has 0 aromatic heterocycles. The van der Waals surface area contributed by atoms with Gasteiger partial charge < -0.3 is 10.2 Å². The van der Waals surface area contributed by atoms with Gasteiger partial charge in [-0.25, -0.2) is 0 Å². The first-order chi connectivity index (χ1) is 9.31. The summed E-state index contributed by atoms with van der Waals surface area (Å²) in [6.07, 6.45) is 5.59. The largest absolute Gasteiger partial charge is 0.313 e. The molecule has 0 amide bonds. The first-order valence-electron chi connectivity index (χ1n) is 7.76. The summed E-state index contributed by atoms with van der Waals surface area (Å²) < 4.78 is 0. The van der Waals surface area contributed by atoms with Crippen LogP contribution in [0.2, 0.25) is 0 Å². The predicted octanol–water partition coefficient (Wildman–Crippen LogP) is 3.46. The molecule has 2 atom stereocenters. The topological polar surface area (TPSA) is 15.3 Å². The molecule has 2 unspecified atom stereocenters. The van der Waals surface area contributed by atoms with E-state index in [-0.39, 0.29) is 0 Å². The maximum Gasteiger partial charge on any atom is 0.0355 e. The smallest absolute Gasteiger partial charge is 0.0355 e. The van der Waals surface area contributed by atoms with Crippen molar-refractivity contribution in [2.45, 2.75) is 38.6 Å². The first kappa shape index (κ1) is 14.5. The number of likely N-dealkylation sites (tertiary alicyclic amines) is 1. The van der Waals surface area contributed by atoms with Gasteiger partial charge >= 0.3 is 0 Å². The van der Waals surface area contributed by atoms with Crippen molar-refractivity contribution in [3.05, 3.63) is 35.9 Å². The fourth-order valence-electron chi connectivity index (χ4n) is 3.27. The zero-order chi connectivity index (χ0) is 13.5. The van der Waals surface area contributed by atoms with Crippen molar-refractivity contribution >= 4 is 0 Å². The van der Waals surface area contributed by atoms with E-state index in [1.807, 2.05) is 0 Å². The molecule has 1 fully saturated rings. The number of benzene rings is 1. The molecule has 19 heavy (non-hydrogen) atoms. The maximum absolute atomic E-state index is 3.50. The van der Waals surface area contributed by atoms with Gasteiger partial charge in [-0.2, -0.15) is 0 Å². The second-order valence-electron chi connectivity index (χ2n) is 5.87. The molecule has 0 bridgehead atoms. The lowest BCUT2D eigenvalue weighted by Crippen LogP contribution is -2.35. The van der Waals surface area contributed by atoms with Crippen LogP contribution in [0.4, 0.5) is 0 Å². The number of hydrogen-bond acceptors (Lipinski definition) is 2. The normalized spacial score (nSPS) is 20.7. The molecule has 1 aromatic rings. The summed E-state index contributed by atoms with van der Waals surface area (Å²) in [5.74, 6) is 0.644. The standard InChI is InChI=1S/C17H28N2/c1-15(14-19-12-8-3-4-9-13-19)17(18-2)16-10-6-5-7-11-16/h5-7,10-11,15,17-18H,3-4,8-9,12-14H2,1-2H3. The van der Waals surface area contributed by atoms with Crippen molar-refractivity contribution in [3.8, 4) is 0 Å². The van der Waals surface area contributed by atoms with Gasteiger partial charge in [0, 0.05) is 12.6 Å². The molecule has 1 aliphatic rings. The highest BCUT2D eigenvalue weighted by atomic mass is 15.1. The van der Waals surface area contributed by atoms with Crippen LogP contribution in [0.25, 0.3) is 0 Å². The van der Waals surface area contributed by atoms with E-state index in [0.717, 1.165) is 0 Å². The highest BCUT2D eigenvalue weighted by Crippen LogP contribution is 2.23. The fraction of sp³-hybridized carbons (Fsp3) is 0.647. The second kappa shape index (κ2) is 7.66. The SMILES string of the molecule is CNC(c1ccccc1)C(C)CN1CCCCCC1. The van der Waals surface area contributed by atoms with Crippen molar-refractivity contribution in [1.29, 1.82) is 0 Å². The van der Waals surface area contributed by atoms with Crippen LogP contribution in [0.3, 0.4) is 0 Å². The van der Waals surface area contributed by atoms with Gasteiger partial charge in [0.2, 0.25) is 0 Å². The van der Waals surface area contributed by atoms with Crippen LogP contribution in [0, 0.1) is 5.92 Å². The van der Waals surface area contributed by atoms with Crippen LogP contribution in [0.1, 0.15) is 44.2 Å². The van der Waals surface area contributed by atoms with E-state index in [1.165, 1.54) is 50.9 Å². The van der Waals surface area contributed by atoms with Crippen LogP contribution in [0.5, 0.6) is 0 Å². The molecule has 1 N–H and O–H groups in total. The Morgan fingerprint density at radius 2 is 1.68 bits per heavy atom. The summed E-state index contributed by atoms with van der Waals surface area (Å²) in [5.41, 5.74) is 1.41. The lowest BCUT2D eigenvalue weighted by molar-refractivity contribution is 0.220. The van der Waals surface area contributed by atoms with Crippen LogP contribution < -0.4 is 5.32 Å². The molecule has 2 heteroatoms. The van der Waals surface area contributed by atoms with Crippen LogP contribution in [-0.4, -0.2) is 31.6 Å². The lowest BCUT2D eigenvalue weighted by Gasteiger charge is -2.29. The van der Waals surface area contributed by atoms with Crippen LogP contribution in [0.15, 0.2) is 30.3 Å². The van der Waals surface area contributed by atoms with Crippen LogP contribution >= 0.6 is 0 Å². The third-order valence-electron chi connectivity index (χ3n) is 4.28.